The fourth-order valence-electron chi connectivity index (χ4n) is 3.62. The Kier molecular flexibility index (Phi) is 5.69. The van der Waals surface area contributed by atoms with Crippen LogP contribution in [0, 0.1) is 6.92 Å². The number of furan rings is 1. The van der Waals surface area contributed by atoms with E-state index < -0.39 is 17.1 Å². The number of amides is 3. The summed E-state index contributed by atoms with van der Waals surface area (Å²) >= 11 is 0.777. The number of benzene rings is 1. The minimum atomic E-state index is -1.01. The first-order chi connectivity index (χ1) is 14.8. The van der Waals surface area contributed by atoms with Gasteiger partial charge in [0.25, 0.3) is 11.1 Å². The molecule has 2 aromatic rings. The van der Waals surface area contributed by atoms with Gasteiger partial charge in [-0.3, -0.25) is 19.3 Å². The Balaban J connectivity index is 1.50. The van der Waals surface area contributed by atoms with Crippen molar-refractivity contribution in [3.8, 4) is 11.3 Å². The summed E-state index contributed by atoms with van der Waals surface area (Å²) in [5.41, 5.74) is 1.65. The van der Waals surface area contributed by atoms with Crippen LogP contribution in [0.3, 0.4) is 0 Å². The smallest absolute Gasteiger partial charge is 0.335 e. The number of likely N-dealkylation sites (tertiary alicyclic amines) is 1. The lowest BCUT2D eigenvalue weighted by Gasteiger charge is -2.18. The summed E-state index contributed by atoms with van der Waals surface area (Å²) in [6.07, 6.45) is 3.36. The molecule has 0 radical (unpaired) electrons. The summed E-state index contributed by atoms with van der Waals surface area (Å²) in [6, 6.07) is 8.11. The first kappa shape index (κ1) is 20.9. The number of carbonyl (C=O) groups excluding carboxylic acids is 3. The van der Waals surface area contributed by atoms with Crippen LogP contribution in [0.2, 0.25) is 0 Å². The molecule has 0 atom stereocenters. The average Bonchev–Trinajstić information content (AvgIpc) is 3.47. The zero-order chi connectivity index (χ0) is 22.1. The molecule has 0 unspecified atom stereocenters. The first-order valence-corrected chi connectivity index (χ1v) is 10.6. The highest BCUT2D eigenvalue weighted by molar-refractivity contribution is 8.18. The number of aromatic carboxylic acids is 1. The Bertz CT molecular complexity index is 1110. The van der Waals surface area contributed by atoms with E-state index in [1.54, 1.807) is 36.1 Å². The second kappa shape index (κ2) is 8.43. The second-order valence-electron chi connectivity index (χ2n) is 7.39. The van der Waals surface area contributed by atoms with Gasteiger partial charge in [0, 0.05) is 24.7 Å². The molecule has 0 aliphatic carbocycles. The van der Waals surface area contributed by atoms with E-state index in [-0.39, 0.29) is 22.9 Å². The monoisotopic (exact) mass is 440 g/mol. The van der Waals surface area contributed by atoms with Crippen LogP contribution in [-0.2, 0) is 9.59 Å². The van der Waals surface area contributed by atoms with Gasteiger partial charge in [-0.05, 0) is 61.4 Å². The van der Waals surface area contributed by atoms with E-state index in [2.05, 4.69) is 0 Å². The lowest BCUT2D eigenvalue weighted by molar-refractivity contribution is -0.135. The number of rotatable bonds is 5. The zero-order valence-electron chi connectivity index (χ0n) is 16.8. The summed E-state index contributed by atoms with van der Waals surface area (Å²) in [7, 11) is 0. The Labute approximate surface area is 182 Å². The SMILES string of the molecule is Cc1cc(C(=O)O)ccc1-c1ccc(/C=C2/SC(=O)N(CC(=O)N3CCCC3)C2=O)o1. The Morgan fingerprint density at radius 3 is 2.58 bits per heavy atom. The lowest BCUT2D eigenvalue weighted by Crippen LogP contribution is -2.40. The maximum Gasteiger partial charge on any atom is 0.335 e. The van der Waals surface area contributed by atoms with Crippen LogP contribution in [0.4, 0.5) is 4.79 Å². The maximum atomic E-state index is 12.7. The molecule has 1 aromatic heterocycles. The maximum absolute atomic E-state index is 12.7. The number of aryl methyl sites for hydroxylation is 1. The molecule has 1 N–H and O–H groups in total. The van der Waals surface area contributed by atoms with Crippen molar-refractivity contribution in [1.82, 2.24) is 9.80 Å². The van der Waals surface area contributed by atoms with Crippen molar-refractivity contribution < 1.29 is 28.7 Å². The van der Waals surface area contributed by atoms with Gasteiger partial charge in [-0.2, -0.15) is 0 Å². The van der Waals surface area contributed by atoms with Crippen molar-refractivity contribution in [3.63, 3.8) is 0 Å². The summed E-state index contributed by atoms with van der Waals surface area (Å²) in [6.45, 7) is 2.85. The highest BCUT2D eigenvalue weighted by atomic mass is 32.2. The van der Waals surface area contributed by atoms with Crippen LogP contribution in [0.1, 0.15) is 34.5 Å². The van der Waals surface area contributed by atoms with Crippen LogP contribution < -0.4 is 0 Å². The van der Waals surface area contributed by atoms with Gasteiger partial charge in [-0.1, -0.05) is 6.07 Å². The fourth-order valence-corrected chi connectivity index (χ4v) is 4.43. The van der Waals surface area contributed by atoms with E-state index >= 15 is 0 Å². The van der Waals surface area contributed by atoms with Gasteiger partial charge in [0.1, 0.15) is 18.1 Å². The molecule has 2 aliphatic rings. The van der Waals surface area contributed by atoms with Gasteiger partial charge in [0.05, 0.1) is 10.5 Å². The normalized spacial score (nSPS) is 17.8. The van der Waals surface area contributed by atoms with Crippen molar-refractivity contribution in [1.29, 1.82) is 0 Å². The molecule has 4 rings (SSSR count). The minimum absolute atomic E-state index is 0.185. The summed E-state index contributed by atoms with van der Waals surface area (Å²) in [5, 5.41) is 8.62. The number of carboxylic acid groups (broad SMARTS) is 1. The van der Waals surface area contributed by atoms with Gasteiger partial charge >= 0.3 is 5.97 Å². The molecular weight excluding hydrogens is 420 g/mol. The molecule has 3 amide bonds. The number of imide groups is 1. The number of hydrogen-bond donors (Lipinski definition) is 1. The molecule has 31 heavy (non-hydrogen) atoms. The van der Waals surface area contributed by atoms with Crippen LogP contribution in [-0.4, -0.2) is 57.6 Å². The van der Waals surface area contributed by atoms with Gasteiger partial charge in [-0.15, -0.1) is 0 Å². The second-order valence-corrected chi connectivity index (χ2v) is 8.39. The summed E-state index contributed by atoms with van der Waals surface area (Å²) < 4.78 is 5.80. The number of carboxylic acids is 1. The molecule has 8 nitrogen and oxygen atoms in total. The molecule has 0 bridgehead atoms. The van der Waals surface area contributed by atoms with Crippen molar-refractivity contribution in [2.75, 3.05) is 19.6 Å². The molecule has 2 aliphatic heterocycles. The molecule has 2 saturated heterocycles. The molecule has 0 spiro atoms. The van der Waals surface area contributed by atoms with Gasteiger partial charge in [0.2, 0.25) is 5.91 Å². The van der Waals surface area contributed by atoms with Crippen molar-refractivity contribution in [2.45, 2.75) is 19.8 Å². The Morgan fingerprint density at radius 1 is 1.16 bits per heavy atom. The molecule has 1 aromatic carbocycles. The zero-order valence-corrected chi connectivity index (χ0v) is 17.6. The number of nitrogens with zero attached hydrogens (tertiary/aromatic N) is 2. The molecule has 2 fully saturated rings. The first-order valence-electron chi connectivity index (χ1n) is 9.81. The number of thioether (sulfide) groups is 1. The van der Waals surface area contributed by atoms with E-state index in [1.807, 2.05) is 0 Å². The van der Waals surface area contributed by atoms with E-state index in [4.69, 9.17) is 9.52 Å². The van der Waals surface area contributed by atoms with Crippen LogP contribution in [0.15, 0.2) is 39.7 Å². The largest absolute Gasteiger partial charge is 0.478 e. The standard InChI is InChI=1S/C22H20N2O6S/c1-13-10-14(21(27)28)4-6-16(13)17-7-5-15(30-17)11-18-20(26)24(22(29)31-18)12-19(25)23-8-2-3-9-23/h4-7,10-11H,2-3,8-9,12H2,1H3,(H,27,28)/b18-11+. The molecule has 0 saturated carbocycles. The predicted molar refractivity (Wildman–Crippen MR) is 114 cm³/mol. The van der Waals surface area contributed by atoms with Gasteiger partial charge in [-0.25, -0.2) is 4.79 Å². The van der Waals surface area contributed by atoms with Crippen molar-refractivity contribution in [2.24, 2.45) is 0 Å². The van der Waals surface area contributed by atoms with E-state index in [1.165, 1.54) is 12.1 Å². The molecule has 160 valence electrons. The topological polar surface area (TPSA) is 108 Å². The van der Waals surface area contributed by atoms with Gasteiger partial charge in [0.15, 0.2) is 0 Å². The van der Waals surface area contributed by atoms with E-state index in [0.717, 1.165) is 40.6 Å². The minimum Gasteiger partial charge on any atom is -0.478 e. The quantitative estimate of drug-likeness (QED) is 0.708. The molecule has 9 heteroatoms. The summed E-state index contributed by atoms with van der Waals surface area (Å²) in [4.78, 5) is 51.2. The van der Waals surface area contributed by atoms with E-state index in [9.17, 15) is 19.2 Å². The van der Waals surface area contributed by atoms with Crippen LogP contribution >= 0.6 is 11.8 Å². The highest BCUT2D eigenvalue weighted by Crippen LogP contribution is 2.34. The highest BCUT2D eigenvalue weighted by Gasteiger charge is 2.37. The fraction of sp³-hybridized carbons (Fsp3) is 0.273. The number of carbonyl (C=O) groups is 4. The van der Waals surface area contributed by atoms with Crippen molar-refractivity contribution >= 4 is 40.9 Å². The predicted octanol–water partition coefficient (Wildman–Crippen LogP) is 3.61. The Hall–Kier alpha value is -3.33. The third kappa shape index (κ3) is 4.27. The average molecular weight is 440 g/mol. The van der Waals surface area contributed by atoms with Crippen LogP contribution in [0.5, 0.6) is 0 Å². The third-order valence-corrected chi connectivity index (χ3v) is 6.17. The molecular formula is C22H20N2O6S. The van der Waals surface area contributed by atoms with Gasteiger partial charge < -0.3 is 14.4 Å². The Morgan fingerprint density at radius 2 is 1.90 bits per heavy atom. The lowest BCUT2D eigenvalue weighted by atomic mass is 10.0. The van der Waals surface area contributed by atoms with Crippen molar-refractivity contribution in [3.05, 3.63) is 52.1 Å². The number of hydrogen-bond acceptors (Lipinski definition) is 6. The van der Waals surface area contributed by atoms with Crippen LogP contribution in [0.25, 0.3) is 17.4 Å². The third-order valence-electron chi connectivity index (χ3n) is 5.26. The van der Waals surface area contributed by atoms with E-state index in [0.29, 0.717) is 24.6 Å². The molecule has 3 heterocycles. The summed E-state index contributed by atoms with van der Waals surface area (Å²) in [5.74, 6) is -0.838.